The third kappa shape index (κ3) is 5.21. The van der Waals surface area contributed by atoms with Crippen LogP contribution in [0.15, 0.2) is 18.3 Å². The minimum atomic E-state index is -0.462. The van der Waals surface area contributed by atoms with Gasteiger partial charge in [0.05, 0.1) is 18.0 Å². The van der Waals surface area contributed by atoms with E-state index in [-0.39, 0.29) is 6.09 Å². The molecule has 0 aromatic carbocycles. The van der Waals surface area contributed by atoms with E-state index in [4.69, 9.17) is 9.47 Å². The molecule has 1 fully saturated rings. The Morgan fingerprint density at radius 3 is 2.46 bits per heavy atom. The summed E-state index contributed by atoms with van der Waals surface area (Å²) in [6.45, 7) is 9.54. The van der Waals surface area contributed by atoms with Crippen molar-refractivity contribution in [2.45, 2.75) is 46.1 Å². The van der Waals surface area contributed by atoms with E-state index in [0.717, 1.165) is 29.8 Å². The number of ether oxygens (including phenoxy) is 2. The molecule has 28 heavy (non-hydrogen) atoms. The van der Waals surface area contributed by atoms with Crippen LogP contribution in [0.5, 0.6) is 5.88 Å². The van der Waals surface area contributed by atoms with Crippen molar-refractivity contribution in [2.75, 3.05) is 19.7 Å². The number of amides is 1. The second-order valence-corrected chi connectivity index (χ2v) is 8.28. The van der Waals surface area contributed by atoms with Crippen LogP contribution in [0.3, 0.4) is 0 Å². The molecular weight excluding hydrogens is 358 g/mol. The van der Waals surface area contributed by atoms with Crippen molar-refractivity contribution in [3.63, 3.8) is 0 Å². The molecule has 1 saturated heterocycles. The van der Waals surface area contributed by atoms with Gasteiger partial charge in [-0.2, -0.15) is 5.10 Å². The number of likely N-dealkylation sites (tertiary alicyclic amines) is 1. The summed E-state index contributed by atoms with van der Waals surface area (Å²) in [5.41, 5.74) is 2.21. The highest BCUT2D eigenvalue weighted by Gasteiger charge is 2.27. The standard InChI is InChI=1S/C20H29N5O3/c1-14-16(12-24(5)23-14)17-6-7-18(22-21-17)27-13-15-8-10-25(11-9-15)19(26)28-20(2,3)4/h6-7,12,15H,8-11,13H2,1-5H3. The lowest BCUT2D eigenvalue weighted by Crippen LogP contribution is -2.42. The van der Waals surface area contributed by atoms with Crippen molar-refractivity contribution in [3.8, 4) is 17.1 Å². The number of hydrogen-bond acceptors (Lipinski definition) is 6. The number of carbonyl (C=O) groups is 1. The SMILES string of the molecule is Cc1nn(C)cc1-c1ccc(OCC2CCN(C(=O)OC(C)(C)C)CC2)nn1. The van der Waals surface area contributed by atoms with Crippen molar-refractivity contribution in [3.05, 3.63) is 24.0 Å². The summed E-state index contributed by atoms with van der Waals surface area (Å²) in [6, 6.07) is 3.74. The maximum absolute atomic E-state index is 12.1. The number of nitrogens with zero attached hydrogens (tertiary/aromatic N) is 5. The fraction of sp³-hybridized carbons (Fsp3) is 0.600. The van der Waals surface area contributed by atoms with Gasteiger partial charge in [-0.1, -0.05) is 0 Å². The lowest BCUT2D eigenvalue weighted by Gasteiger charge is -2.33. The van der Waals surface area contributed by atoms with Crippen LogP contribution in [0.25, 0.3) is 11.3 Å². The zero-order valence-corrected chi connectivity index (χ0v) is 17.3. The molecule has 0 atom stereocenters. The molecule has 0 bridgehead atoms. The predicted octanol–water partition coefficient (Wildman–Crippen LogP) is 3.21. The molecule has 152 valence electrons. The summed E-state index contributed by atoms with van der Waals surface area (Å²) in [7, 11) is 1.88. The highest BCUT2D eigenvalue weighted by atomic mass is 16.6. The van der Waals surface area contributed by atoms with Gasteiger partial charge in [-0.05, 0) is 52.5 Å². The van der Waals surface area contributed by atoms with Gasteiger partial charge in [0.15, 0.2) is 0 Å². The summed E-state index contributed by atoms with van der Waals surface area (Å²) in [5.74, 6) is 0.903. The molecular formula is C20H29N5O3. The Morgan fingerprint density at radius 2 is 1.93 bits per heavy atom. The van der Waals surface area contributed by atoms with Crippen LogP contribution >= 0.6 is 0 Å². The monoisotopic (exact) mass is 387 g/mol. The minimum absolute atomic E-state index is 0.237. The number of carbonyl (C=O) groups excluding carboxylic acids is 1. The maximum atomic E-state index is 12.1. The van der Waals surface area contributed by atoms with Gasteiger partial charge in [-0.25, -0.2) is 4.79 Å². The van der Waals surface area contributed by atoms with Crippen LogP contribution in [0.4, 0.5) is 4.79 Å². The largest absolute Gasteiger partial charge is 0.476 e. The molecule has 1 amide bonds. The van der Waals surface area contributed by atoms with Crippen LogP contribution in [0, 0.1) is 12.8 Å². The van der Waals surface area contributed by atoms with E-state index >= 15 is 0 Å². The third-order valence-electron chi connectivity index (χ3n) is 4.66. The fourth-order valence-electron chi connectivity index (χ4n) is 3.20. The van der Waals surface area contributed by atoms with Gasteiger partial charge in [0.1, 0.15) is 5.60 Å². The molecule has 0 saturated carbocycles. The highest BCUT2D eigenvalue weighted by Crippen LogP contribution is 2.23. The van der Waals surface area contributed by atoms with Gasteiger partial charge in [0.25, 0.3) is 0 Å². The molecule has 0 radical (unpaired) electrons. The summed E-state index contributed by atoms with van der Waals surface area (Å²) in [6.07, 6.45) is 3.47. The maximum Gasteiger partial charge on any atom is 0.410 e. The molecule has 8 nitrogen and oxygen atoms in total. The molecule has 0 spiro atoms. The Labute approximate surface area is 165 Å². The fourth-order valence-corrected chi connectivity index (χ4v) is 3.20. The van der Waals surface area contributed by atoms with Crippen molar-refractivity contribution in [1.82, 2.24) is 24.9 Å². The van der Waals surface area contributed by atoms with Crippen molar-refractivity contribution < 1.29 is 14.3 Å². The van der Waals surface area contributed by atoms with Crippen LogP contribution < -0.4 is 4.74 Å². The number of piperidine rings is 1. The number of rotatable bonds is 4. The predicted molar refractivity (Wildman–Crippen MR) is 105 cm³/mol. The van der Waals surface area contributed by atoms with Gasteiger partial charge < -0.3 is 14.4 Å². The number of aromatic nitrogens is 4. The first-order chi connectivity index (χ1) is 13.2. The van der Waals surface area contributed by atoms with Gasteiger partial charge in [-0.3, -0.25) is 4.68 Å². The summed E-state index contributed by atoms with van der Waals surface area (Å²) >= 11 is 0. The second-order valence-electron chi connectivity index (χ2n) is 8.28. The average molecular weight is 387 g/mol. The molecule has 3 heterocycles. The Hall–Kier alpha value is -2.64. The number of hydrogen-bond donors (Lipinski definition) is 0. The highest BCUT2D eigenvalue weighted by molar-refractivity contribution is 5.68. The summed E-state index contributed by atoms with van der Waals surface area (Å²) in [5, 5.41) is 12.8. The first-order valence-electron chi connectivity index (χ1n) is 9.66. The average Bonchev–Trinajstić information content (AvgIpc) is 2.97. The van der Waals surface area contributed by atoms with E-state index in [1.807, 2.05) is 53.1 Å². The van der Waals surface area contributed by atoms with E-state index < -0.39 is 5.60 Å². The molecule has 8 heteroatoms. The second kappa shape index (κ2) is 8.16. The van der Waals surface area contributed by atoms with Crippen molar-refractivity contribution in [1.29, 1.82) is 0 Å². The van der Waals surface area contributed by atoms with Crippen LogP contribution in [0.2, 0.25) is 0 Å². The molecule has 1 aliphatic heterocycles. The van der Waals surface area contributed by atoms with E-state index in [1.54, 1.807) is 9.58 Å². The van der Waals surface area contributed by atoms with Gasteiger partial charge >= 0.3 is 6.09 Å². The first-order valence-corrected chi connectivity index (χ1v) is 9.66. The van der Waals surface area contributed by atoms with E-state index in [0.29, 0.717) is 31.5 Å². The van der Waals surface area contributed by atoms with Crippen LogP contribution in [-0.2, 0) is 11.8 Å². The first kappa shape index (κ1) is 20.1. The molecule has 0 aliphatic carbocycles. The van der Waals surface area contributed by atoms with E-state index in [2.05, 4.69) is 15.3 Å². The zero-order valence-electron chi connectivity index (χ0n) is 17.3. The quantitative estimate of drug-likeness (QED) is 0.801. The van der Waals surface area contributed by atoms with Crippen LogP contribution in [0.1, 0.15) is 39.3 Å². The molecule has 0 N–H and O–H groups in total. The topological polar surface area (TPSA) is 82.4 Å². The summed E-state index contributed by atoms with van der Waals surface area (Å²) in [4.78, 5) is 13.9. The van der Waals surface area contributed by atoms with Gasteiger partial charge in [0.2, 0.25) is 5.88 Å². The van der Waals surface area contributed by atoms with Crippen molar-refractivity contribution in [2.24, 2.45) is 13.0 Å². The molecule has 2 aromatic rings. The molecule has 0 unspecified atom stereocenters. The van der Waals surface area contributed by atoms with E-state index in [1.165, 1.54) is 0 Å². The van der Waals surface area contributed by atoms with Gasteiger partial charge in [0, 0.05) is 38.0 Å². The smallest absolute Gasteiger partial charge is 0.410 e. The van der Waals surface area contributed by atoms with E-state index in [9.17, 15) is 4.79 Å². The Bertz CT molecular complexity index is 802. The molecule has 3 rings (SSSR count). The third-order valence-corrected chi connectivity index (χ3v) is 4.66. The van der Waals surface area contributed by atoms with Crippen LogP contribution in [-0.4, -0.2) is 56.3 Å². The zero-order chi connectivity index (χ0) is 20.3. The normalized spacial score (nSPS) is 15.5. The Balaban J connectivity index is 1.47. The lowest BCUT2D eigenvalue weighted by molar-refractivity contribution is 0.0164. The lowest BCUT2D eigenvalue weighted by atomic mass is 9.98. The van der Waals surface area contributed by atoms with Crippen molar-refractivity contribution >= 4 is 6.09 Å². The van der Waals surface area contributed by atoms with Gasteiger partial charge in [-0.15, -0.1) is 10.2 Å². The summed E-state index contributed by atoms with van der Waals surface area (Å²) < 4.78 is 13.0. The Morgan fingerprint density at radius 1 is 1.21 bits per heavy atom. The minimum Gasteiger partial charge on any atom is -0.476 e. The number of aryl methyl sites for hydroxylation is 2. The molecule has 2 aromatic heterocycles. The Kier molecular flexibility index (Phi) is 5.86. The molecule has 1 aliphatic rings.